The summed E-state index contributed by atoms with van der Waals surface area (Å²) in [7, 11) is -3.04. The summed E-state index contributed by atoms with van der Waals surface area (Å²) in [5.74, 6) is 1.04. The number of hydrogen-bond donors (Lipinski definition) is 0. The molecule has 0 saturated carbocycles. The van der Waals surface area contributed by atoms with E-state index in [1.807, 2.05) is 24.3 Å². The van der Waals surface area contributed by atoms with Crippen molar-refractivity contribution in [3.63, 3.8) is 0 Å². The molecule has 2 aromatic rings. The molecule has 0 amide bonds. The number of fused-ring (bicyclic) bond motifs is 1. The molecule has 142 valence electrons. The lowest BCUT2D eigenvalue weighted by molar-refractivity contribution is 0.601. The molecule has 7 heteroatoms. The van der Waals surface area contributed by atoms with Crippen molar-refractivity contribution < 1.29 is 8.42 Å². The Bertz CT molecular complexity index is 1020. The zero-order valence-electron chi connectivity index (χ0n) is 15.2. The summed E-state index contributed by atoms with van der Waals surface area (Å²) >= 11 is 7.74. The Hall–Kier alpha value is -1.50. The molecule has 2 aliphatic heterocycles. The van der Waals surface area contributed by atoms with E-state index in [1.54, 1.807) is 11.8 Å². The third-order valence-electron chi connectivity index (χ3n) is 4.99. The van der Waals surface area contributed by atoms with Crippen LogP contribution in [0.25, 0.3) is 0 Å². The second-order valence-electron chi connectivity index (χ2n) is 7.20. The molecule has 2 atom stereocenters. The average Bonchev–Trinajstić information content (AvgIpc) is 3.06. The maximum Gasteiger partial charge on any atom is 0.164 e. The van der Waals surface area contributed by atoms with Gasteiger partial charge in [0.05, 0.1) is 23.6 Å². The molecular weight excluding hydrogens is 400 g/mol. The molecule has 0 aliphatic carbocycles. The summed E-state index contributed by atoms with van der Waals surface area (Å²) in [5.41, 5.74) is 4.46. The molecule has 2 aliphatic rings. The molecule has 1 saturated heterocycles. The zero-order chi connectivity index (χ0) is 19.2. The van der Waals surface area contributed by atoms with Gasteiger partial charge in [0, 0.05) is 16.5 Å². The van der Waals surface area contributed by atoms with Gasteiger partial charge in [-0.2, -0.15) is 0 Å². The Morgan fingerprint density at radius 1 is 1.19 bits per heavy atom. The van der Waals surface area contributed by atoms with Crippen LogP contribution in [0.5, 0.6) is 0 Å². The van der Waals surface area contributed by atoms with Gasteiger partial charge in [-0.05, 0) is 48.7 Å². The maximum atomic E-state index is 12.2. The quantitative estimate of drug-likeness (QED) is 0.745. The molecule has 0 spiro atoms. The van der Waals surface area contributed by atoms with Crippen molar-refractivity contribution in [2.24, 2.45) is 4.99 Å². The number of hydrogen-bond acceptors (Lipinski definition) is 5. The third kappa shape index (κ3) is 3.89. The fourth-order valence-electron chi connectivity index (χ4n) is 3.67. The number of benzene rings is 2. The van der Waals surface area contributed by atoms with E-state index in [1.165, 1.54) is 0 Å². The van der Waals surface area contributed by atoms with Crippen LogP contribution in [-0.4, -0.2) is 37.2 Å². The molecule has 4 rings (SSSR count). The van der Waals surface area contributed by atoms with Gasteiger partial charge in [-0.15, -0.1) is 0 Å². The summed E-state index contributed by atoms with van der Waals surface area (Å²) in [5, 5.41) is 1.62. The van der Waals surface area contributed by atoms with Gasteiger partial charge < -0.3 is 4.90 Å². The van der Waals surface area contributed by atoms with Crippen LogP contribution < -0.4 is 4.90 Å². The van der Waals surface area contributed by atoms with Crippen molar-refractivity contribution in [1.82, 2.24) is 0 Å². The largest absolute Gasteiger partial charge is 0.315 e. The minimum absolute atomic E-state index is 0.114. The van der Waals surface area contributed by atoms with Crippen LogP contribution >= 0.6 is 23.4 Å². The topological polar surface area (TPSA) is 49.7 Å². The highest BCUT2D eigenvalue weighted by Gasteiger charge is 2.47. The van der Waals surface area contributed by atoms with Crippen molar-refractivity contribution in [3.05, 3.63) is 64.2 Å². The Morgan fingerprint density at radius 2 is 2.00 bits per heavy atom. The number of rotatable bonds is 3. The summed E-state index contributed by atoms with van der Waals surface area (Å²) in [6, 6.07) is 13.8. The molecular formula is C20H21ClN2O2S2. The average molecular weight is 421 g/mol. The van der Waals surface area contributed by atoms with Gasteiger partial charge in [0.25, 0.3) is 0 Å². The first-order chi connectivity index (χ1) is 12.8. The summed E-state index contributed by atoms with van der Waals surface area (Å²) in [4.78, 5) is 6.95. The van der Waals surface area contributed by atoms with Gasteiger partial charge in [0.2, 0.25) is 0 Å². The lowest BCUT2D eigenvalue weighted by Gasteiger charge is -2.28. The standard InChI is InChI=1S/C20H21ClN2O2S2/c1-13-6-7-14(2)18(8-13)23-19-12-27(24,25)11-17(19)22-20(23)26-10-15-4-3-5-16(21)9-15/h3-9,17,19H,10-12H2,1-2H3/t17-,19+/m1/s1. The van der Waals surface area contributed by atoms with E-state index in [0.717, 1.165) is 38.3 Å². The zero-order valence-corrected chi connectivity index (χ0v) is 17.6. The van der Waals surface area contributed by atoms with Gasteiger partial charge >= 0.3 is 0 Å². The lowest BCUT2D eigenvalue weighted by atomic mass is 10.1. The minimum atomic E-state index is -3.04. The Kier molecular flexibility index (Phi) is 4.99. The van der Waals surface area contributed by atoms with Crippen LogP contribution in [0.3, 0.4) is 0 Å². The van der Waals surface area contributed by atoms with Crippen molar-refractivity contribution in [1.29, 1.82) is 0 Å². The smallest absolute Gasteiger partial charge is 0.164 e. The molecule has 0 N–H and O–H groups in total. The van der Waals surface area contributed by atoms with E-state index in [-0.39, 0.29) is 23.6 Å². The Labute approximate surface area is 169 Å². The van der Waals surface area contributed by atoms with Crippen molar-refractivity contribution in [2.75, 3.05) is 16.4 Å². The first-order valence-electron chi connectivity index (χ1n) is 8.84. The van der Waals surface area contributed by atoms with Crippen LogP contribution in [0.15, 0.2) is 47.5 Å². The van der Waals surface area contributed by atoms with Crippen LogP contribution in [0.4, 0.5) is 5.69 Å². The first kappa shape index (κ1) is 18.8. The van der Waals surface area contributed by atoms with Crippen LogP contribution in [-0.2, 0) is 15.6 Å². The van der Waals surface area contributed by atoms with Crippen molar-refractivity contribution >= 4 is 44.1 Å². The number of amidine groups is 1. The number of thioether (sulfide) groups is 1. The van der Waals surface area contributed by atoms with Gasteiger partial charge in [-0.25, -0.2) is 8.42 Å². The number of sulfone groups is 1. The molecule has 0 unspecified atom stereocenters. The van der Waals surface area contributed by atoms with E-state index in [2.05, 4.69) is 36.9 Å². The van der Waals surface area contributed by atoms with E-state index in [4.69, 9.17) is 16.6 Å². The maximum absolute atomic E-state index is 12.2. The van der Waals surface area contributed by atoms with E-state index in [9.17, 15) is 8.42 Å². The van der Waals surface area contributed by atoms with Gasteiger partial charge in [-0.1, -0.05) is 47.6 Å². The van der Waals surface area contributed by atoms with Crippen LogP contribution in [0.2, 0.25) is 5.02 Å². The monoisotopic (exact) mass is 420 g/mol. The number of aliphatic imine (C=N–C) groups is 1. The Balaban J connectivity index is 1.66. The highest BCUT2D eigenvalue weighted by atomic mass is 35.5. The van der Waals surface area contributed by atoms with E-state index >= 15 is 0 Å². The predicted molar refractivity (Wildman–Crippen MR) is 115 cm³/mol. The lowest BCUT2D eigenvalue weighted by Crippen LogP contribution is -2.39. The molecule has 0 radical (unpaired) electrons. The van der Waals surface area contributed by atoms with E-state index < -0.39 is 9.84 Å². The van der Waals surface area contributed by atoms with Gasteiger partial charge in [-0.3, -0.25) is 4.99 Å². The molecule has 1 fully saturated rings. The van der Waals surface area contributed by atoms with Gasteiger partial charge in [0.15, 0.2) is 15.0 Å². The summed E-state index contributed by atoms with van der Waals surface area (Å²) < 4.78 is 24.4. The number of anilines is 1. The van der Waals surface area contributed by atoms with Crippen molar-refractivity contribution in [3.8, 4) is 0 Å². The van der Waals surface area contributed by atoms with E-state index in [0.29, 0.717) is 0 Å². The summed E-state index contributed by atoms with van der Waals surface area (Å²) in [6.07, 6.45) is 0. The normalized spacial score (nSPS) is 23.4. The predicted octanol–water partition coefficient (Wildman–Crippen LogP) is 4.23. The highest BCUT2D eigenvalue weighted by Crippen LogP contribution is 2.37. The van der Waals surface area contributed by atoms with Gasteiger partial charge in [0.1, 0.15) is 0 Å². The highest BCUT2D eigenvalue weighted by molar-refractivity contribution is 8.13. The second kappa shape index (κ2) is 7.15. The fourth-order valence-corrected chi connectivity index (χ4v) is 6.78. The second-order valence-corrected chi connectivity index (χ2v) is 10.7. The fraction of sp³-hybridized carbons (Fsp3) is 0.350. The number of halogens is 1. The molecule has 0 aromatic heterocycles. The third-order valence-corrected chi connectivity index (χ3v) is 7.96. The van der Waals surface area contributed by atoms with Crippen LogP contribution in [0, 0.1) is 13.8 Å². The van der Waals surface area contributed by atoms with Crippen molar-refractivity contribution in [2.45, 2.75) is 31.7 Å². The first-order valence-corrected chi connectivity index (χ1v) is 12.0. The molecule has 27 heavy (non-hydrogen) atoms. The number of nitrogens with zero attached hydrogens (tertiary/aromatic N) is 2. The SMILES string of the molecule is Cc1ccc(C)c(N2C(SCc3cccc(Cl)c3)=N[C@@H]3CS(=O)(=O)C[C@@H]32)c1. The molecule has 2 heterocycles. The van der Waals surface area contributed by atoms with Crippen LogP contribution in [0.1, 0.15) is 16.7 Å². The molecule has 0 bridgehead atoms. The Morgan fingerprint density at radius 3 is 2.78 bits per heavy atom. The molecule has 4 nitrogen and oxygen atoms in total. The molecule has 2 aromatic carbocycles. The number of aryl methyl sites for hydroxylation is 2. The summed E-state index contributed by atoms with van der Waals surface area (Å²) in [6.45, 7) is 4.11. The minimum Gasteiger partial charge on any atom is -0.315 e.